The Morgan fingerprint density at radius 2 is 2.00 bits per heavy atom. The number of halogens is 1. The quantitative estimate of drug-likeness (QED) is 0.744. The second-order valence-electron chi connectivity index (χ2n) is 6.97. The van der Waals surface area contributed by atoms with E-state index in [1.807, 2.05) is 26.0 Å². The average Bonchev–Trinajstić information content (AvgIpc) is 3.09. The fourth-order valence-corrected chi connectivity index (χ4v) is 3.99. The summed E-state index contributed by atoms with van der Waals surface area (Å²) in [5, 5.41) is 6.70. The minimum atomic E-state index is -0.451. The van der Waals surface area contributed by atoms with Crippen LogP contribution in [-0.4, -0.2) is 22.6 Å². The molecular formula is C20H22ClN3O3S. The molecule has 0 saturated carbocycles. The number of ketones is 1. The van der Waals surface area contributed by atoms with E-state index < -0.39 is 5.92 Å². The van der Waals surface area contributed by atoms with Crippen molar-refractivity contribution < 1.29 is 14.4 Å². The highest BCUT2D eigenvalue weighted by molar-refractivity contribution is 7.17. The normalized spacial score (nSPS) is 17.0. The van der Waals surface area contributed by atoms with Gasteiger partial charge in [0.05, 0.1) is 16.5 Å². The average molecular weight is 420 g/mol. The van der Waals surface area contributed by atoms with Crippen LogP contribution in [0.15, 0.2) is 24.3 Å². The molecule has 2 unspecified atom stereocenters. The number of nitrogens with one attached hydrogen (secondary N) is 2. The van der Waals surface area contributed by atoms with Gasteiger partial charge in [-0.3, -0.25) is 14.4 Å². The van der Waals surface area contributed by atoms with Gasteiger partial charge >= 0.3 is 0 Å². The van der Waals surface area contributed by atoms with E-state index in [2.05, 4.69) is 15.6 Å². The van der Waals surface area contributed by atoms with Crippen molar-refractivity contribution in [1.82, 2.24) is 10.3 Å². The highest BCUT2D eigenvalue weighted by atomic mass is 35.5. The van der Waals surface area contributed by atoms with E-state index in [-0.39, 0.29) is 29.9 Å². The number of fused-ring (bicyclic) bond motifs is 1. The van der Waals surface area contributed by atoms with Gasteiger partial charge in [0.15, 0.2) is 10.9 Å². The number of carbonyl (C=O) groups excluding carboxylic acids is 3. The van der Waals surface area contributed by atoms with Crippen molar-refractivity contribution in [3.63, 3.8) is 0 Å². The maximum absolute atomic E-state index is 12.5. The third-order valence-electron chi connectivity index (χ3n) is 4.86. The van der Waals surface area contributed by atoms with Crippen molar-refractivity contribution in [3.8, 4) is 0 Å². The Balaban J connectivity index is 1.63. The topological polar surface area (TPSA) is 88.2 Å². The lowest BCUT2D eigenvalue weighted by atomic mass is 9.89. The molecule has 0 saturated heterocycles. The van der Waals surface area contributed by atoms with Gasteiger partial charge in [0.25, 0.3) is 0 Å². The second-order valence-corrected chi connectivity index (χ2v) is 8.40. The number of thiazole rings is 1. The van der Waals surface area contributed by atoms with Crippen molar-refractivity contribution >= 4 is 45.7 Å². The molecule has 0 aliphatic heterocycles. The fourth-order valence-electron chi connectivity index (χ4n) is 2.92. The summed E-state index contributed by atoms with van der Waals surface area (Å²) >= 11 is 7.05. The SMILES string of the molecule is CCC(C)C(=O)Nc1nc2c(s1)C(=O)CC(C(=O)NCc1ccc(Cl)cc1)C2. The first-order chi connectivity index (χ1) is 13.4. The first-order valence-corrected chi connectivity index (χ1v) is 10.4. The molecule has 2 atom stereocenters. The van der Waals surface area contributed by atoms with Gasteiger partial charge < -0.3 is 10.6 Å². The van der Waals surface area contributed by atoms with Crippen molar-refractivity contribution in [3.05, 3.63) is 45.4 Å². The van der Waals surface area contributed by atoms with Crippen molar-refractivity contribution in [2.24, 2.45) is 11.8 Å². The van der Waals surface area contributed by atoms with Crippen LogP contribution in [0.1, 0.15) is 47.6 Å². The molecule has 1 aromatic carbocycles. The van der Waals surface area contributed by atoms with Crippen molar-refractivity contribution in [2.75, 3.05) is 5.32 Å². The van der Waals surface area contributed by atoms with Gasteiger partial charge in [0.1, 0.15) is 0 Å². The van der Waals surface area contributed by atoms with Gasteiger partial charge in [-0.15, -0.1) is 0 Å². The van der Waals surface area contributed by atoms with Gasteiger partial charge in [0, 0.05) is 30.3 Å². The minimum Gasteiger partial charge on any atom is -0.352 e. The molecule has 6 nitrogen and oxygen atoms in total. The van der Waals surface area contributed by atoms with Gasteiger partial charge in [-0.2, -0.15) is 0 Å². The van der Waals surface area contributed by atoms with Crippen LogP contribution in [-0.2, 0) is 22.6 Å². The number of benzene rings is 1. The van der Waals surface area contributed by atoms with E-state index in [1.54, 1.807) is 12.1 Å². The Kier molecular flexibility index (Phi) is 6.46. The Morgan fingerprint density at radius 3 is 2.68 bits per heavy atom. The van der Waals surface area contributed by atoms with Crippen LogP contribution in [0.4, 0.5) is 5.13 Å². The zero-order valence-corrected chi connectivity index (χ0v) is 17.3. The molecular weight excluding hydrogens is 398 g/mol. The molecule has 1 aliphatic rings. The highest BCUT2D eigenvalue weighted by Crippen LogP contribution is 2.32. The number of Topliss-reactive ketones (excluding diaryl/α,β-unsaturated/α-hetero) is 1. The van der Waals surface area contributed by atoms with Crippen LogP contribution < -0.4 is 10.6 Å². The smallest absolute Gasteiger partial charge is 0.228 e. The monoisotopic (exact) mass is 419 g/mol. The molecule has 2 N–H and O–H groups in total. The summed E-state index contributed by atoms with van der Waals surface area (Å²) in [5.74, 6) is -0.963. The summed E-state index contributed by atoms with van der Waals surface area (Å²) in [6.07, 6.45) is 1.27. The first kappa shape index (κ1) is 20.5. The Morgan fingerprint density at radius 1 is 1.29 bits per heavy atom. The highest BCUT2D eigenvalue weighted by Gasteiger charge is 2.33. The molecule has 0 radical (unpaired) electrons. The lowest BCUT2D eigenvalue weighted by Gasteiger charge is -2.19. The number of hydrogen-bond acceptors (Lipinski definition) is 5. The number of anilines is 1. The molecule has 0 spiro atoms. The molecule has 3 rings (SSSR count). The lowest BCUT2D eigenvalue weighted by molar-refractivity contribution is -0.125. The van der Waals surface area contributed by atoms with Crippen molar-refractivity contribution in [1.29, 1.82) is 0 Å². The van der Waals surface area contributed by atoms with Gasteiger partial charge in [-0.05, 0) is 24.1 Å². The van der Waals surface area contributed by atoms with Crippen LogP contribution in [0.5, 0.6) is 0 Å². The third kappa shape index (κ3) is 4.77. The molecule has 0 fully saturated rings. The van der Waals surface area contributed by atoms with E-state index in [0.717, 1.165) is 12.0 Å². The van der Waals surface area contributed by atoms with E-state index in [0.29, 0.717) is 33.7 Å². The summed E-state index contributed by atoms with van der Waals surface area (Å²) < 4.78 is 0. The number of amides is 2. The van der Waals surface area contributed by atoms with Crippen LogP contribution in [0.2, 0.25) is 5.02 Å². The van der Waals surface area contributed by atoms with Gasteiger partial charge in [-0.1, -0.05) is 48.9 Å². The predicted molar refractivity (Wildman–Crippen MR) is 110 cm³/mol. The van der Waals surface area contributed by atoms with E-state index in [9.17, 15) is 14.4 Å². The van der Waals surface area contributed by atoms with E-state index in [1.165, 1.54) is 11.3 Å². The Hall–Kier alpha value is -2.25. The molecule has 28 heavy (non-hydrogen) atoms. The third-order valence-corrected chi connectivity index (χ3v) is 6.17. The van der Waals surface area contributed by atoms with Gasteiger partial charge in [-0.25, -0.2) is 4.98 Å². The number of hydrogen-bond donors (Lipinski definition) is 2. The van der Waals surface area contributed by atoms with Crippen LogP contribution in [0.25, 0.3) is 0 Å². The van der Waals surface area contributed by atoms with Crippen molar-refractivity contribution in [2.45, 2.75) is 39.7 Å². The molecule has 8 heteroatoms. The summed E-state index contributed by atoms with van der Waals surface area (Å²) in [4.78, 5) is 42.0. The fraction of sp³-hybridized carbons (Fsp3) is 0.400. The van der Waals surface area contributed by atoms with E-state index >= 15 is 0 Å². The zero-order chi connectivity index (χ0) is 20.3. The lowest BCUT2D eigenvalue weighted by Crippen LogP contribution is -2.35. The number of nitrogens with zero attached hydrogens (tertiary/aromatic N) is 1. The van der Waals surface area contributed by atoms with Gasteiger partial charge in [0.2, 0.25) is 11.8 Å². The second kappa shape index (κ2) is 8.84. The summed E-state index contributed by atoms with van der Waals surface area (Å²) in [7, 11) is 0. The van der Waals surface area contributed by atoms with E-state index in [4.69, 9.17) is 11.6 Å². The maximum Gasteiger partial charge on any atom is 0.228 e. The molecule has 1 aliphatic carbocycles. The summed E-state index contributed by atoms with van der Waals surface area (Å²) in [6, 6.07) is 7.23. The molecule has 148 valence electrons. The number of rotatable bonds is 6. The molecule has 0 bridgehead atoms. The Bertz CT molecular complexity index is 895. The molecule has 1 aromatic heterocycles. The molecule has 2 aromatic rings. The summed E-state index contributed by atoms with van der Waals surface area (Å²) in [6.45, 7) is 4.16. The Labute approximate surface area is 172 Å². The van der Waals surface area contributed by atoms with Crippen LogP contribution >= 0.6 is 22.9 Å². The minimum absolute atomic E-state index is 0.102. The number of carbonyl (C=O) groups is 3. The maximum atomic E-state index is 12.5. The zero-order valence-electron chi connectivity index (χ0n) is 15.8. The standard InChI is InChI=1S/C20H22ClN3O3S/c1-3-11(2)18(26)24-20-23-15-8-13(9-16(25)17(15)28-20)19(27)22-10-12-4-6-14(21)7-5-12/h4-7,11,13H,3,8-10H2,1-2H3,(H,22,27)(H,23,24,26). The largest absolute Gasteiger partial charge is 0.352 e. The molecule has 1 heterocycles. The molecule has 2 amide bonds. The summed E-state index contributed by atoms with van der Waals surface area (Å²) in [5.41, 5.74) is 1.52. The van der Waals surface area contributed by atoms with Crippen LogP contribution in [0, 0.1) is 11.8 Å². The first-order valence-electron chi connectivity index (χ1n) is 9.23. The van der Waals surface area contributed by atoms with Crippen LogP contribution in [0.3, 0.4) is 0 Å². The predicted octanol–water partition coefficient (Wildman–Crippen LogP) is 3.84. The number of aromatic nitrogens is 1.